The summed E-state index contributed by atoms with van der Waals surface area (Å²) < 4.78 is 182. The third-order valence-corrected chi connectivity index (χ3v) is 18.3. The molecule has 0 bridgehead atoms. The predicted molar refractivity (Wildman–Crippen MR) is 316 cm³/mol. The van der Waals surface area contributed by atoms with Gasteiger partial charge in [0.05, 0.1) is 56.1 Å². The van der Waals surface area contributed by atoms with Crippen molar-refractivity contribution in [2.75, 3.05) is 60.3 Å². The molecule has 0 aliphatic carbocycles. The van der Waals surface area contributed by atoms with Gasteiger partial charge in [0.25, 0.3) is 26.1 Å². The summed E-state index contributed by atoms with van der Waals surface area (Å²) >= 11 is 0. The lowest BCUT2D eigenvalue weighted by molar-refractivity contribution is -0.121. The fraction of sp³-hybridized carbons (Fsp3) is 0.355. The third kappa shape index (κ3) is 12.7. The summed E-state index contributed by atoms with van der Waals surface area (Å²) in [5.41, 5.74) is -1.53. The van der Waals surface area contributed by atoms with Gasteiger partial charge in [0.1, 0.15) is 23.8 Å². The fourth-order valence-corrected chi connectivity index (χ4v) is 14.1. The molecule has 18 nitrogen and oxygen atoms in total. The van der Waals surface area contributed by atoms with E-state index in [9.17, 15) is 53.3 Å². The second-order valence-corrected chi connectivity index (χ2v) is 27.7. The van der Waals surface area contributed by atoms with Gasteiger partial charge in [0.2, 0.25) is 17.2 Å². The number of rotatable bonds is 18. The number of para-hydroxylation sites is 1. The van der Waals surface area contributed by atoms with Gasteiger partial charge in [0, 0.05) is 110 Å². The van der Waals surface area contributed by atoms with Gasteiger partial charge < -0.3 is 29.3 Å². The van der Waals surface area contributed by atoms with Gasteiger partial charge in [-0.1, -0.05) is 54.7 Å². The first kappa shape index (κ1) is 62.3. The topological polar surface area (TPSA) is 251 Å². The van der Waals surface area contributed by atoms with Crippen LogP contribution in [0.2, 0.25) is 0 Å². The van der Waals surface area contributed by atoms with Gasteiger partial charge in [-0.15, -0.1) is 0 Å². The quantitative estimate of drug-likeness (QED) is 0.0156. The van der Waals surface area contributed by atoms with E-state index < -0.39 is 111 Å². The molecule has 0 saturated carbocycles. The van der Waals surface area contributed by atoms with Crippen LogP contribution < -0.4 is 35.0 Å². The molecule has 5 aliphatic heterocycles. The second-order valence-electron chi connectivity index (χ2n) is 23.3. The van der Waals surface area contributed by atoms with E-state index in [1.807, 2.05) is 58.0 Å². The molecule has 0 atom stereocenters. The minimum Gasteiger partial charge on any atom is -0.748 e. The molecule has 5 aliphatic rings. The van der Waals surface area contributed by atoms with Gasteiger partial charge >= 0.3 is 0 Å². The molecule has 0 aromatic heterocycles. The summed E-state index contributed by atoms with van der Waals surface area (Å²) in [5.74, 6) is -8.15. The van der Waals surface area contributed by atoms with Crippen LogP contribution in [0.4, 0.5) is 28.9 Å². The molecule has 25 heteroatoms. The number of benzene rings is 5. The third-order valence-electron chi connectivity index (χ3n) is 16.3. The van der Waals surface area contributed by atoms with Gasteiger partial charge in [-0.3, -0.25) is 23.5 Å². The Hall–Kier alpha value is -7.73. The van der Waals surface area contributed by atoms with Crippen LogP contribution in [0.3, 0.4) is 0 Å². The van der Waals surface area contributed by atoms with Crippen LogP contribution >= 0.6 is 0 Å². The van der Waals surface area contributed by atoms with Crippen molar-refractivity contribution in [2.45, 2.75) is 90.3 Å². The van der Waals surface area contributed by atoms with Crippen LogP contribution in [0.5, 0.6) is 11.5 Å². The molecule has 5 heterocycles. The maximum atomic E-state index is 17.3. The molecule has 3 amide bonds. The van der Waals surface area contributed by atoms with E-state index in [-0.39, 0.29) is 88.7 Å². The summed E-state index contributed by atoms with van der Waals surface area (Å²) in [6.07, 6.45) is 5.19. The molecule has 5 aromatic rings. The highest BCUT2D eigenvalue weighted by molar-refractivity contribution is 7.86. The maximum Gasteiger partial charge on any atom is 0.269 e. The van der Waals surface area contributed by atoms with E-state index in [2.05, 4.69) is 17.2 Å². The number of hydrogen-bond donors (Lipinski definition) is 3. The highest BCUT2D eigenvalue weighted by Gasteiger charge is 2.43. The monoisotopic (exact) mass is 1260 g/mol. The van der Waals surface area contributed by atoms with E-state index >= 15 is 17.6 Å². The Morgan fingerprint density at radius 1 is 0.782 bits per heavy atom. The van der Waals surface area contributed by atoms with Crippen molar-refractivity contribution in [1.82, 2.24) is 14.8 Å². The van der Waals surface area contributed by atoms with Crippen molar-refractivity contribution in [2.24, 2.45) is 0 Å². The Morgan fingerprint density at radius 3 is 2.17 bits per heavy atom. The van der Waals surface area contributed by atoms with Gasteiger partial charge in [-0.25, -0.2) is 30.6 Å². The molecule has 0 radical (unpaired) electrons. The zero-order valence-corrected chi connectivity index (χ0v) is 50.5. The number of carbonyl (C=O) groups is 3. The van der Waals surface area contributed by atoms with Crippen molar-refractivity contribution in [1.29, 1.82) is 0 Å². The van der Waals surface area contributed by atoms with Crippen molar-refractivity contribution in [3.05, 3.63) is 163 Å². The molecule has 0 fully saturated rings. The molecule has 458 valence electrons. The fourth-order valence-electron chi connectivity index (χ4n) is 12.3. The second kappa shape index (κ2) is 23.4. The summed E-state index contributed by atoms with van der Waals surface area (Å²) in [4.78, 5) is 45.6. The Bertz CT molecular complexity index is 4420. The van der Waals surface area contributed by atoms with Crippen molar-refractivity contribution >= 4 is 76.2 Å². The Balaban J connectivity index is 1.02. The number of hydrogen-bond acceptors (Lipinski definition) is 12. The van der Waals surface area contributed by atoms with E-state index in [0.29, 0.717) is 71.5 Å². The number of ether oxygens (including phenoxy) is 1. The highest BCUT2D eigenvalue weighted by Crippen LogP contribution is 2.49. The van der Waals surface area contributed by atoms with Gasteiger partial charge in [-0.05, 0) is 86.2 Å². The molecule has 10 rings (SSSR count). The Labute approximate surface area is 500 Å². The van der Waals surface area contributed by atoms with E-state index in [4.69, 9.17) is 4.74 Å². The van der Waals surface area contributed by atoms with Crippen LogP contribution in [0.25, 0.3) is 16.7 Å². The molecule has 0 spiro atoms. The van der Waals surface area contributed by atoms with E-state index in [1.165, 1.54) is 18.2 Å². The first-order chi connectivity index (χ1) is 40.8. The summed E-state index contributed by atoms with van der Waals surface area (Å²) in [6, 6.07) is 19.0. The van der Waals surface area contributed by atoms with Crippen molar-refractivity contribution in [3.63, 3.8) is 0 Å². The lowest BCUT2D eigenvalue weighted by atomic mass is 9.81. The summed E-state index contributed by atoms with van der Waals surface area (Å²) in [5, 5.41) is 3.05. The van der Waals surface area contributed by atoms with Crippen LogP contribution in [0.1, 0.15) is 121 Å². The first-order valence-electron chi connectivity index (χ1n) is 28.0. The van der Waals surface area contributed by atoms with Crippen LogP contribution in [-0.4, -0.2) is 123 Å². The number of carbonyl (C=O) groups excluding carboxylic acids is 3. The van der Waals surface area contributed by atoms with Gasteiger partial charge in [-0.2, -0.15) is 16.8 Å². The average Bonchev–Trinajstić information content (AvgIpc) is 0.711. The number of fused-ring (bicyclic) bond motifs is 6. The largest absolute Gasteiger partial charge is 0.748 e. The highest BCUT2D eigenvalue weighted by atomic mass is 32.2. The van der Waals surface area contributed by atoms with E-state index in [0.717, 1.165) is 18.2 Å². The molecule has 87 heavy (non-hydrogen) atoms. The van der Waals surface area contributed by atoms with Crippen LogP contribution in [0.15, 0.2) is 78.9 Å². The molecule has 3 N–H and O–H groups in total. The maximum absolute atomic E-state index is 17.3. The molecular weight excluding hydrogens is 1190 g/mol. The predicted octanol–water partition coefficient (Wildman–Crippen LogP) is 6.60. The number of halogens is 4. The lowest BCUT2D eigenvalue weighted by Crippen LogP contribution is -2.53. The van der Waals surface area contributed by atoms with Crippen molar-refractivity contribution < 1.29 is 75.6 Å². The summed E-state index contributed by atoms with van der Waals surface area (Å²) in [7, 11) is -13.7. The number of unbranched alkanes of at least 4 members (excludes halogenated alkanes) is 2. The normalized spacial score (nSPS) is 16.2. The van der Waals surface area contributed by atoms with Crippen LogP contribution in [-0.2, 0) is 52.9 Å². The number of anilines is 2. The SMILES string of the molecule is CN(CCS(=O)(=O)O)C(=O)c1c(F)c(F)c(F)c(F)c1C1=c2cc3c4c(c2Oc2cc5c(cc21)C(CS(=O)(=O)O)=CC(C)(C)N5CCCCCC(=O)NCCC(=O)N1Cc2ccccc2C#Cc2ccccc21)CCC[N+]=4C(C)(C)C=C3CS(=O)(=O)[O-]. The minimum absolute atomic E-state index is 0.00150. The van der Waals surface area contributed by atoms with Crippen LogP contribution in [0, 0.1) is 35.1 Å². The smallest absolute Gasteiger partial charge is 0.269 e. The lowest BCUT2D eigenvalue weighted by Gasteiger charge is -2.44. The van der Waals surface area contributed by atoms with Gasteiger partial charge in [0.15, 0.2) is 28.8 Å². The number of nitrogens with zero attached hydrogens (tertiary/aromatic N) is 4. The Kier molecular flexibility index (Phi) is 16.8. The average molecular weight is 1260 g/mol. The minimum atomic E-state index is -5.02. The molecule has 0 saturated heterocycles. The summed E-state index contributed by atoms with van der Waals surface area (Å²) in [6.45, 7) is 7.29. The zero-order chi connectivity index (χ0) is 62.9. The Morgan fingerprint density at radius 2 is 1.46 bits per heavy atom. The molecular formula is C62H61F4N5O13S3. The molecule has 0 unspecified atom stereocenters. The van der Waals surface area contributed by atoms with Crippen molar-refractivity contribution in [3.8, 4) is 23.3 Å². The molecule has 5 aromatic carbocycles. The van der Waals surface area contributed by atoms with E-state index in [1.54, 1.807) is 44.7 Å². The zero-order valence-electron chi connectivity index (χ0n) is 48.0. The standard InChI is InChI=1S/C62H61F4N5O13S3/c1-61(2)31-39(34-86(78,79)80)42-28-44-48(30-47(42)70(61)24-12-6-7-19-49(72)67-23-22-50(73)69-33-38-16-9-8-14-36(38)20-21-37-15-10-11-18-46(37)69)84-59-41-17-13-25-71-58(41)43(40(32-62(71,3)4)35-87(81,82)83)29-45(59)51(44)52-53(55(64)57(66)56(65)54(52)63)60(74)68(5)26-27-85(75,76)77/h8-11,14-16,18,28-32H,6-7,12-13,17,19,22-27,33-35H2,1-5H3,(H3-,67,72,75,76,77,78,79,80,81,82,83). The number of amides is 3. The number of nitrogens with one attached hydrogen (secondary N) is 1. The first-order valence-corrected chi connectivity index (χ1v) is 32.8.